The number of amides is 1. The fourth-order valence-electron chi connectivity index (χ4n) is 2.76. The molecule has 4 rings (SSSR count). The molecule has 0 radical (unpaired) electrons. The maximum Gasteiger partial charge on any atom is 0.244 e. The van der Waals surface area contributed by atoms with Crippen LogP contribution in [0, 0.1) is 5.21 Å². The zero-order valence-electron chi connectivity index (χ0n) is 12.4. The topological polar surface area (TPSA) is 163 Å². The van der Waals surface area contributed by atoms with E-state index in [0.717, 1.165) is 0 Å². The third kappa shape index (κ3) is 2.21. The molecular weight excluding hydrogens is 320 g/mol. The lowest BCUT2D eigenvalue weighted by atomic mass is 10.1. The van der Waals surface area contributed by atoms with Crippen LogP contribution < -0.4 is 5.73 Å². The van der Waals surface area contributed by atoms with Gasteiger partial charge in [-0.25, -0.2) is 15.0 Å². The number of imidazole rings is 1. The van der Waals surface area contributed by atoms with E-state index in [2.05, 4.69) is 15.0 Å². The van der Waals surface area contributed by atoms with E-state index in [1.54, 1.807) is 0 Å². The normalized spacial score (nSPS) is 30.0. The highest BCUT2D eigenvalue weighted by Crippen LogP contribution is 2.34. The molecule has 2 aromatic heterocycles. The Balaban J connectivity index is 1.64. The predicted molar refractivity (Wildman–Crippen MR) is 78.9 cm³/mol. The number of hydrogen-bond acceptors (Lipinski definition) is 9. The molecule has 1 saturated heterocycles. The van der Waals surface area contributed by atoms with Crippen molar-refractivity contribution in [3.63, 3.8) is 0 Å². The van der Waals surface area contributed by atoms with Gasteiger partial charge in [0.05, 0.1) is 6.33 Å². The second-order valence-corrected chi connectivity index (χ2v) is 5.91. The van der Waals surface area contributed by atoms with Gasteiger partial charge in [-0.2, -0.15) is 0 Å². The lowest BCUT2D eigenvalue weighted by Crippen LogP contribution is -2.43. The molecule has 4 N–H and O–H groups in total. The summed E-state index contributed by atoms with van der Waals surface area (Å²) in [6.45, 7) is 0. The van der Waals surface area contributed by atoms with Gasteiger partial charge in [-0.1, -0.05) is 0 Å². The van der Waals surface area contributed by atoms with Gasteiger partial charge in [0.15, 0.2) is 23.8 Å². The van der Waals surface area contributed by atoms with Gasteiger partial charge in [0, 0.05) is 6.04 Å². The number of hydrogen-bond donors (Lipinski definition) is 3. The molecule has 1 aliphatic carbocycles. The number of hydroxylamine groups is 2. The SMILES string of the molecule is Nc1ncnc2c1ncn2C1O[C@H](C(=O)N([O-])C2CC2)[C@@H](O)[C@H]1O. The van der Waals surface area contributed by atoms with Crippen LogP contribution in [0.25, 0.3) is 11.2 Å². The number of anilines is 1. The Kier molecular flexibility index (Phi) is 3.38. The highest BCUT2D eigenvalue weighted by molar-refractivity contribution is 5.83. The highest BCUT2D eigenvalue weighted by atomic mass is 16.6. The van der Waals surface area contributed by atoms with E-state index in [-0.39, 0.29) is 17.5 Å². The number of rotatable bonds is 3. The molecule has 0 aromatic carbocycles. The molecule has 4 atom stereocenters. The third-order valence-corrected chi connectivity index (χ3v) is 4.24. The van der Waals surface area contributed by atoms with Gasteiger partial charge in [0.25, 0.3) is 0 Å². The quantitative estimate of drug-likeness (QED) is 0.567. The van der Waals surface area contributed by atoms with E-state index in [1.165, 1.54) is 17.2 Å². The van der Waals surface area contributed by atoms with Gasteiger partial charge in [-0.3, -0.25) is 9.36 Å². The molecule has 1 unspecified atom stereocenters. The Morgan fingerprint density at radius 2 is 2.08 bits per heavy atom. The van der Waals surface area contributed by atoms with Crippen LogP contribution in [0.4, 0.5) is 5.82 Å². The molecule has 2 aromatic rings. The molecule has 11 heteroatoms. The number of nitrogens with two attached hydrogens (primary N) is 1. The highest BCUT2D eigenvalue weighted by Gasteiger charge is 2.49. The minimum Gasteiger partial charge on any atom is -0.756 e. The van der Waals surface area contributed by atoms with E-state index in [0.29, 0.717) is 23.4 Å². The zero-order chi connectivity index (χ0) is 17.0. The first-order valence-electron chi connectivity index (χ1n) is 7.44. The third-order valence-electron chi connectivity index (χ3n) is 4.24. The maximum atomic E-state index is 12.2. The molecule has 3 heterocycles. The number of nitrogens with zero attached hydrogens (tertiary/aromatic N) is 5. The molecule has 2 aliphatic rings. The number of aliphatic hydroxyl groups is 2. The summed E-state index contributed by atoms with van der Waals surface area (Å²) in [7, 11) is 0. The van der Waals surface area contributed by atoms with Crippen LogP contribution in [-0.2, 0) is 9.53 Å². The first-order chi connectivity index (χ1) is 11.5. The van der Waals surface area contributed by atoms with Crippen molar-refractivity contribution in [2.45, 2.75) is 43.4 Å². The largest absolute Gasteiger partial charge is 0.756 e. The summed E-state index contributed by atoms with van der Waals surface area (Å²) in [5, 5.41) is 32.5. The average molecular weight is 335 g/mol. The number of aliphatic hydroxyl groups excluding tert-OH is 2. The van der Waals surface area contributed by atoms with Crippen LogP contribution in [0.1, 0.15) is 19.1 Å². The van der Waals surface area contributed by atoms with Crippen molar-refractivity contribution in [2.75, 3.05) is 5.73 Å². The Morgan fingerprint density at radius 1 is 1.33 bits per heavy atom. The molecule has 1 aliphatic heterocycles. The van der Waals surface area contributed by atoms with E-state index < -0.39 is 30.4 Å². The minimum atomic E-state index is -1.53. The summed E-state index contributed by atoms with van der Waals surface area (Å²) in [6.07, 6.45) is -1.73. The Morgan fingerprint density at radius 3 is 2.79 bits per heavy atom. The van der Waals surface area contributed by atoms with Gasteiger partial charge in [0.2, 0.25) is 5.91 Å². The van der Waals surface area contributed by atoms with Gasteiger partial charge in [0.1, 0.15) is 24.1 Å². The molecule has 0 bridgehead atoms. The molecular formula is C13H15N6O5-. The smallest absolute Gasteiger partial charge is 0.244 e. The Bertz CT molecular complexity index is 792. The molecule has 0 spiro atoms. The first kappa shape index (κ1) is 15.2. The van der Waals surface area contributed by atoms with Gasteiger partial charge < -0.3 is 31.0 Å². The summed E-state index contributed by atoms with van der Waals surface area (Å²) in [4.78, 5) is 24.0. The summed E-state index contributed by atoms with van der Waals surface area (Å²) < 4.78 is 6.82. The molecule has 1 amide bonds. The second kappa shape index (κ2) is 5.34. The average Bonchev–Trinajstić information content (AvgIpc) is 3.27. The zero-order valence-corrected chi connectivity index (χ0v) is 12.4. The van der Waals surface area contributed by atoms with Gasteiger partial charge in [-0.15, -0.1) is 0 Å². The standard InChI is InChI=1S/C13H15N6O5/c14-10-6-11(16-3-15-10)18(4-17-6)13-8(21)7(20)9(24-13)12(22)19(23)5-1-2-5/h3-5,7-9,13,20-21H,1-2H2,(H2,14,15,16)/q-1/t7-,8+,9-,13?/m0/s1. The van der Waals surface area contributed by atoms with Crippen molar-refractivity contribution in [2.24, 2.45) is 0 Å². The van der Waals surface area contributed by atoms with Crippen LogP contribution in [0.5, 0.6) is 0 Å². The van der Waals surface area contributed by atoms with Crippen molar-refractivity contribution in [1.82, 2.24) is 24.6 Å². The molecule has 24 heavy (non-hydrogen) atoms. The Hall–Kier alpha value is -2.34. The van der Waals surface area contributed by atoms with E-state index >= 15 is 0 Å². The van der Waals surface area contributed by atoms with E-state index in [4.69, 9.17) is 10.5 Å². The van der Waals surface area contributed by atoms with Crippen molar-refractivity contribution >= 4 is 22.9 Å². The van der Waals surface area contributed by atoms with Crippen molar-refractivity contribution in [1.29, 1.82) is 0 Å². The predicted octanol–water partition coefficient (Wildman–Crippen LogP) is -1.48. The van der Waals surface area contributed by atoms with E-state index in [9.17, 15) is 20.2 Å². The fraction of sp³-hybridized carbons (Fsp3) is 0.538. The van der Waals surface area contributed by atoms with Crippen LogP contribution >= 0.6 is 0 Å². The lowest BCUT2D eigenvalue weighted by molar-refractivity contribution is -0.146. The fourth-order valence-corrected chi connectivity index (χ4v) is 2.76. The van der Waals surface area contributed by atoms with Crippen LogP contribution in [-0.4, -0.2) is 65.1 Å². The van der Waals surface area contributed by atoms with Crippen LogP contribution in [0.15, 0.2) is 12.7 Å². The summed E-state index contributed by atoms with van der Waals surface area (Å²) >= 11 is 0. The number of aromatic nitrogens is 4. The van der Waals surface area contributed by atoms with Crippen LogP contribution in [0.2, 0.25) is 0 Å². The molecule has 1 saturated carbocycles. The van der Waals surface area contributed by atoms with Crippen molar-refractivity contribution < 1.29 is 19.7 Å². The second-order valence-electron chi connectivity index (χ2n) is 5.91. The van der Waals surface area contributed by atoms with Crippen molar-refractivity contribution in [3.05, 3.63) is 17.9 Å². The maximum absolute atomic E-state index is 12.2. The van der Waals surface area contributed by atoms with Crippen molar-refractivity contribution in [3.8, 4) is 0 Å². The summed E-state index contributed by atoms with van der Waals surface area (Å²) in [5.41, 5.74) is 6.30. The van der Waals surface area contributed by atoms with Gasteiger partial charge >= 0.3 is 0 Å². The number of carbonyl (C=O) groups is 1. The monoisotopic (exact) mass is 335 g/mol. The lowest BCUT2D eigenvalue weighted by Gasteiger charge is -2.31. The molecule has 128 valence electrons. The number of nitrogen functional groups attached to an aromatic ring is 1. The number of carbonyl (C=O) groups excluding carboxylic acids is 1. The Labute approximate surface area is 135 Å². The molecule has 11 nitrogen and oxygen atoms in total. The van der Waals surface area contributed by atoms with E-state index in [1.807, 2.05) is 0 Å². The summed E-state index contributed by atoms with van der Waals surface area (Å²) in [5.74, 6) is -0.746. The summed E-state index contributed by atoms with van der Waals surface area (Å²) in [6, 6.07) is -0.369. The number of ether oxygens (including phenoxy) is 1. The van der Waals surface area contributed by atoms with Gasteiger partial charge in [-0.05, 0) is 12.8 Å². The number of fused-ring (bicyclic) bond motifs is 1. The minimum absolute atomic E-state index is 0.152. The first-order valence-corrected chi connectivity index (χ1v) is 7.44. The molecule has 2 fully saturated rings. The van der Waals surface area contributed by atoms with Crippen LogP contribution in [0.3, 0.4) is 0 Å².